The SMILES string of the molecule is CNCc1cn[nH]c1S(=O)(=O)NCCSC. The Morgan fingerprint density at radius 3 is 2.94 bits per heavy atom. The molecule has 1 aromatic rings. The minimum absolute atomic E-state index is 0.142. The molecule has 0 radical (unpaired) electrons. The second-order valence-electron chi connectivity index (χ2n) is 3.15. The van der Waals surface area contributed by atoms with Crippen LogP contribution < -0.4 is 10.0 Å². The van der Waals surface area contributed by atoms with Crippen molar-refractivity contribution < 1.29 is 8.42 Å². The van der Waals surface area contributed by atoms with Crippen LogP contribution in [0.2, 0.25) is 0 Å². The summed E-state index contributed by atoms with van der Waals surface area (Å²) in [4.78, 5) is 0. The third kappa shape index (κ3) is 3.48. The van der Waals surface area contributed by atoms with E-state index in [0.29, 0.717) is 18.7 Å². The van der Waals surface area contributed by atoms with Crippen LogP contribution in [0.5, 0.6) is 0 Å². The Balaban J connectivity index is 2.77. The maximum atomic E-state index is 11.8. The highest BCUT2D eigenvalue weighted by Crippen LogP contribution is 2.11. The number of nitrogens with one attached hydrogen (secondary N) is 3. The molecule has 0 amide bonds. The van der Waals surface area contributed by atoms with E-state index < -0.39 is 10.0 Å². The van der Waals surface area contributed by atoms with Crippen molar-refractivity contribution in [3.63, 3.8) is 0 Å². The van der Waals surface area contributed by atoms with Gasteiger partial charge in [0, 0.05) is 24.4 Å². The van der Waals surface area contributed by atoms with Gasteiger partial charge in [-0.3, -0.25) is 5.10 Å². The number of rotatable bonds is 7. The third-order valence-electron chi connectivity index (χ3n) is 1.91. The van der Waals surface area contributed by atoms with Gasteiger partial charge in [-0.1, -0.05) is 0 Å². The van der Waals surface area contributed by atoms with Crippen molar-refractivity contribution in [2.24, 2.45) is 0 Å². The predicted molar refractivity (Wildman–Crippen MR) is 64.9 cm³/mol. The van der Waals surface area contributed by atoms with Crippen LogP contribution in [-0.4, -0.2) is 44.2 Å². The largest absolute Gasteiger partial charge is 0.316 e. The monoisotopic (exact) mass is 264 g/mol. The first kappa shape index (κ1) is 13.5. The molecule has 16 heavy (non-hydrogen) atoms. The average Bonchev–Trinajstić information content (AvgIpc) is 2.67. The van der Waals surface area contributed by atoms with E-state index in [1.165, 1.54) is 6.20 Å². The molecule has 0 aliphatic carbocycles. The number of thioether (sulfide) groups is 1. The van der Waals surface area contributed by atoms with Crippen molar-refractivity contribution in [2.45, 2.75) is 11.6 Å². The molecule has 0 atom stereocenters. The highest BCUT2D eigenvalue weighted by atomic mass is 32.2. The standard InChI is InChI=1S/C8H16N4O2S2/c1-9-5-7-6-10-12-8(7)16(13,14)11-3-4-15-2/h6,9,11H,3-5H2,1-2H3,(H,10,12). The van der Waals surface area contributed by atoms with Gasteiger partial charge in [0.15, 0.2) is 5.03 Å². The van der Waals surface area contributed by atoms with Crippen LogP contribution in [0.25, 0.3) is 0 Å². The van der Waals surface area contributed by atoms with Crippen molar-refractivity contribution in [3.05, 3.63) is 11.8 Å². The van der Waals surface area contributed by atoms with E-state index >= 15 is 0 Å². The first-order valence-electron chi connectivity index (χ1n) is 4.77. The molecule has 0 aromatic carbocycles. The molecular weight excluding hydrogens is 248 g/mol. The quantitative estimate of drug-likeness (QED) is 0.592. The van der Waals surface area contributed by atoms with Crippen LogP contribution in [-0.2, 0) is 16.6 Å². The Hall–Kier alpha value is -0.570. The van der Waals surface area contributed by atoms with Crippen LogP contribution in [0, 0.1) is 0 Å². The summed E-state index contributed by atoms with van der Waals surface area (Å²) in [6, 6.07) is 0. The van der Waals surface area contributed by atoms with E-state index in [2.05, 4.69) is 20.2 Å². The lowest BCUT2D eigenvalue weighted by Crippen LogP contribution is -2.27. The summed E-state index contributed by atoms with van der Waals surface area (Å²) in [6.07, 6.45) is 3.44. The summed E-state index contributed by atoms with van der Waals surface area (Å²) in [5, 5.41) is 9.29. The van der Waals surface area contributed by atoms with Crippen molar-refractivity contribution in [1.82, 2.24) is 20.2 Å². The minimum Gasteiger partial charge on any atom is -0.316 e. The second-order valence-corrected chi connectivity index (χ2v) is 5.83. The number of sulfonamides is 1. The van der Waals surface area contributed by atoms with Gasteiger partial charge in [0.05, 0.1) is 6.20 Å². The zero-order valence-electron chi connectivity index (χ0n) is 9.28. The van der Waals surface area contributed by atoms with Gasteiger partial charge < -0.3 is 5.32 Å². The summed E-state index contributed by atoms with van der Waals surface area (Å²) in [7, 11) is -1.71. The van der Waals surface area contributed by atoms with Gasteiger partial charge in [0.25, 0.3) is 10.0 Å². The number of aromatic nitrogens is 2. The van der Waals surface area contributed by atoms with Gasteiger partial charge in [-0.2, -0.15) is 16.9 Å². The van der Waals surface area contributed by atoms with Gasteiger partial charge >= 0.3 is 0 Å². The molecular formula is C8H16N4O2S2. The van der Waals surface area contributed by atoms with Crippen molar-refractivity contribution in [2.75, 3.05) is 25.6 Å². The van der Waals surface area contributed by atoms with E-state index in [1.807, 2.05) is 6.26 Å². The Morgan fingerprint density at radius 1 is 1.56 bits per heavy atom. The van der Waals surface area contributed by atoms with E-state index in [4.69, 9.17) is 0 Å². The van der Waals surface area contributed by atoms with E-state index in [1.54, 1.807) is 18.8 Å². The molecule has 1 rings (SSSR count). The minimum atomic E-state index is -3.46. The molecule has 1 aromatic heterocycles. The molecule has 0 fully saturated rings. The maximum absolute atomic E-state index is 11.8. The van der Waals surface area contributed by atoms with Gasteiger partial charge in [-0.05, 0) is 13.3 Å². The molecule has 0 unspecified atom stereocenters. The molecule has 0 aliphatic rings. The Kier molecular flexibility index (Phi) is 5.26. The summed E-state index contributed by atoms with van der Waals surface area (Å²) >= 11 is 1.59. The Labute approximate surface area is 99.6 Å². The summed E-state index contributed by atoms with van der Waals surface area (Å²) in [6.45, 7) is 0.886. The van der Waals surface area contributed by atoms with E-state index in [0.717, 1.165) is 5.75 Å². The van der Waals surface area contributed by atoms with Crippen molar-refractivity contribution in [3.8, 4) is 0 Å². The fourth-order valence-electron chi connectivity index (χ4n) is 1.20. The molecule has 0 spiro atoms. The zero-order valence-corrected chi connectivity index (χ0v) is 10.9. The predicted octanol–water partition coefficient (Wildman–Crippen LogP) is -0.230. The fourth-order valence-corrected chi connectivity index (χ4v) is 2.79. The second kappa shape index (κ2) is 6.24. The molecule has 92 valence electrons. The van der Waals surface area contributed by atoms with Crippen LogP contribution in [0.15, 0.2) is 11.2 Å². The number of hydrogen-bond donors (Lipinski definition) is 3. The number of aromatic amines is 1. The Morgan fingerprint density at radius 2 is 2.31 bits per heavy atom. The molecule has 6 nitrogen and oxygen atoms in total. The van der Waals surface area contributed by atoms with Crippen molar-refractivity contribution in [1.29, 1.82) is 0 Å². The van der Waals surface area contributed by atoms with Crippen LogP contribution in [0.4, 0.5) is 0 Å². The lowest BCUT2D eigenvalue weighted by Gasteiger charge is -2.05. The maximum Gasteiger partial charge on any atom is 0.257 e. The average molecular weight is 264 g/mol. The summed E-state index contributed by atoms with van der Waals surface area (Å²) < 4.78 is 26.2. The third-order valence-corrected chi connectivity index (χ3v) is 4.00. The summed E-state index contributed by atoms with van der Waals surface area (Å²) in [5.74, 6) is 0.745. The highest BCUT2D eigenvalue weighted by Gasteiger charge is 2.19. The first-order chi connectivity index (χ1) is 7.61. The van der Waals surface area contributed by atoms with Crippen molar-refractivity contribution >= 4 is 21.8 Å². The molecule has 8 heteroatoms. The summed E-state index contributed by atoms with van der Waals surface area (Å²) in [5.41, 5.74) is 0.638. The number of nitrogens with zero attached hydrogens (tertiary/aromatic N) is 1. The molecule has 3 N–H and O–H groups in total. The molecule has 0 aliphatic heterocycles. The molecule has 1 heterocycles. The topological polar surface area (TPSA) is 86.9 Å². The van der Waals surface area contributed by atoms with Gasteiger partial charge in [0.2, 0.25) is 0 Å². The normalized spacial score (nSPS) is 11.9. The number of H-pyrrole nitrogens is 1. The van der Waals surface area contributed by atoms with Gasteiger partial charge in [-0.15, -0.1) is 0 Å². The molecule has 0 saturated heterocycles. The molecule has 0 saturated carbocycles. The molecule has 0 bridgehead atoms. The van der Waals surface area contributed by atoms with E-state index in [9.17, 15) is 8.42 Å². The fraction of sp³-hybridized carbons (Fsp3) is 0.625. The zero-order chi connectivity index (χ0) is 12.0. The van der Waals surface area contributed by atoms with Crippen LogP contribution in [0.1, 0.15) is 5.56 Å². The number of hydrogen-bond acceptors (Lipinski definition) is 5. The van der Waals surface area contributed by atoms with Crippen LogP contribution in [0.3, 0.4) is 0 Å². The first-order valence-corrected chi connectivity index (χ1v) is 7.65. The lowest BCUT2D eigenvalue weighted by molar-refractivity contribution is 0.577. The van der Waals surface area contributed by atoms with Gasteiger partial charge in [-0.25, -0.2) is 13.1 Å². The smallest absolute Gasteiger partial charge is 0.257 e. The lowest BCUT2D eigenvalue weighted by atomic mass is 10.4. The van der Waals surface area contributed by atoms with E-state index in [-0.39, 0.29) is 5.03 Å². The highest BCUT2D eigenvalue weighted by molar-refractivity contribution is 7.98. The van der Waals surface area contributed by atoms with Gasteiger partial charge in [0.1, 0.15) is 0 Å². The van der Waals surface area contributed by atoms with Crippen LogP contribution >= 0.6 is 11.8 Å². The Bertz CT molecular complexity index is 415.